The molecule has 3 aromatic heterocycles. The average Bonchev–Trinajstić information content (AvgIpc) is 3.16. The normalized spacial score (nSPS) is 12.2. The number of nitrogens with zero attached hydrogens (tertiary/aromatic N) is 2. The van der Waals surface area contributed by atoms with E-state index in [-0.39, 0.29) is 11.6 Å². The SMILES string of the molecule is CCNC(=O)[C@@H](C)NC(=O)c1cc(-c2cc(C)oc2C)nc2onc(C)c12. The van der Waals surface area contributed by atoms with Gasteiger partial charge >= 0.3 is 0 Å². The Labute approximate surface area is 156 Å². The molecule has 1 atom stereocenters. The van der Waals surface area contributed by atoms with E-state index >= 15 is 0 Å². The molecular weight excluding hydrogens is 348 g/mol. The lowest BCUT2D eigenvalue weighted by atomic mass is 10.0. The van der Waals surface area contributed by atoms with Crippen molar-refractivity contribution in [1.29, 1.82) is 0 Å². The number of aromatic nitrogens is 2. The van der Waals surface area contributed by atoms with E-state index in [1.165, 1.54) is 0 Å². The maximum Gasteiger partial charge on any atom is 0.259 e. The van der Waals surface area contributed by atoms with E-state index in [1.807, 2.05) is 26.8 Å². The summed E-state index contributed by atoms with van der Waals surface area (Å²) in [5.41, 5.74) is 2.49. The van der Waals surface area contributed by atoms with Gasteiger partial charge in [-0.05, 0) is 46.8 Å². The number of rotatable bonds is 5. The second kappa shape index (κ2) is 7.22. The molecule has 0 unspecified atom stereocenters. The number of pyridine rings is 1. The minimum atomic E-state index is -0.679. The van der Waals surface area contributed by atoms with Crippen LogP contribution in [0.4, 0.5) is 0 Å². The smallest absolute Gasteiger partial charge is 0.259 e. The summed E-state index contributed by atoms with van der Waals surface area (Å²) < 4.78 is 10.9. The second-order valence-corrected chi connectivity index (χ2v) is 6.42. The lowest BCUT2D eigenvalue weighted by Crippen LogP contribution is -2.44. The van der Waals surface area contributed by atoms with Crippen molar-refractivity contribution in [3.05, 3.63) is 34.9 Å². The predicted octanol–water partition coefficient (Wildman–Crippen LogP) is 2.66. The summed E-state index contributed by atoms with van der Waals surface area (Å²) in [7, 11) is 0. The topological polar surface area (TPSA) is 110 Å². The highest BCUT2D eigenvalue weighted by molar-refractivity contribution is 6.08. The van der Waals surface area contributed by atoms with Gasteiger partial charge in [-0.1, -0.05) is 5.16 Å². The Balaban J connectivity index is 2.05. The molecule has 3 rings (SSSR count). The molecule has 3 heterocycles. The number of furan rings is 1. The highest BCUT2D eigenvalue weighted by Gasteiger charge is 2.23. The molecule has 0 saturated heterocycles. The van der Waals surface area contributed by atoms with Crippen molar-refractivity contribution in [2.75, 3.05) is 6.54 Å². The van der Waals surface area contributed by atoms with E-state index in [0.717, 1.165) is 11.3 Å². The van der Waals surface area contributed by atoms with Crippen LogP contribution in [0.2, 0.25) is 0 Å². The molecular formula is C19H22N4O4. The van der Waals surface area contributed by atoms with Gasteiger partial charge in [-0.2, -0.15) is 0 Å². The Kier molecular flexibility index (Phi) is 4.98. The fourth-order valence-electron chi connectivity index (χ4n) is 2.96. The molecule has 27 heavy (non-hydrogen) atoms. The van der Waals surface area contributed by atoms with Crippen molar-refractivity contribution < 1.29 is 18.5 Å². The van der Waals surface area contributed by atoms with Gasteiger partial charge in [0.25, 0.3) is 11.6 Å². The van der Waals surface area contributed by atoms with Crippen LogP contribution < -0.4 is 10.6 Å². The zero-order valence-electron chi connectivity index (χ0n) is 16.0. The number of likely N-dealkylation sites (N-methyl/N-ethyl adjacent to an activating group) is 1. The Bertz CT molecular complexity index is 1020. The Hall–Kier alpha value is -3.16. The number of hydrogen-bond acceptors (Lipinski definition) is 6. The molecule has 0 aromatic carbocycles. The minimum absolute atomic E-state index is 0.250. The number of hydrogen-bond donors (Lipinski definition) is 2. The number of aryl methyl sites for hydroxylation is 3. The summed E-state index contributed by atoms with van der Waals surface area (Å²) in [5, 5.41) is 9.85. The molecule has 2 amide bonds. The molecule has 3 aromatic rings. The summed E-state index contributed by atoms with van der Waals surface area (Å²) in [5.74, 6) is 0.790. The third-order valence-electron chi connectivity index (χ3n) is 4.27. The van der Waals surface area contributed by atoms with Crippen LogP contribution in [0, 0.1) is 20.8 Å². The lowest BCUT2D eigenvalue weighted by molar-refractivity contribution is -0.122. The third-order valence-corrected chi connectivity index (χ3v) is 4.27. The first-order valence-corrected chi connectivity index (χ1v) is 8.74. The number of carbonyl (C=O) groups excluding carboxylic acids is 2. The quantitative estimate of drug-likeness (QED) is 0.714. The van der Waals surface area contributed by atoms with Crippen LogP contribution in [0.1, 0.15) is 41.4 Å². The fraction of sp³-hybridized carbons (Fsp3) is 0.368. The van der Waals surface area contributed by atoms with Gasteiger partial charge < -0.3 is 19.6 Å². The predicted molar refractivity (Wildman–Crippen MR) is 99.3 cm³/mol. The number of nitrogens with one attached hydrogen (secondary N) is 2. The largest absolute Gasteiger partial charge is 0.466 e. The summed E-state index contributed by atoms with van der Waals surface area (Å²) in [6.45, 7) is 9.36. The van der Waals surface area contributed by atoms with Gasteiger partial charge in [0.2, 0.25) is 5.91 Å². The highest BCUT2D eigenvalue weighted by Crippen LogP contribution is 2.30. The molecule has 0 spiro atoms. The van der Waals surface area contributed by atoms with Crippen molar-refractivity contribution in [3.8, 4) is 11.3 Å². The molecule has 8 nitrogen and oxygen atoms in total. The first kappa shape index (κ1) is 18.6. The third kappa shape index (κ3) is 3.55. The first-order valence-electron chi connectivity index (χ1n) is 8.74. The molecule has 0 fully saturated rings. The second-order valence-electron chi connectivity index (χ2n) is 6.42. The number of amides is 2. The molecule has 8 heteroatoms. The molecule has 0 aliphatic rings. The van der Waals surface area contributed by atoms with Crippen molar-refractivity contribution in [2.45, 2.75) is 40.7 Å². The minimum Gasteiger partial charge on any atom is -0.466 e. The Morgan fingerprint density at radius 1 is 1.22 bits per heavy atom. The first-order chi connectivity index (χ1) is 12.8. The van der Waals surface area contributed by atoms with E-state index in [2.05, 4.69) is 20.8 Å². The van der Waals surface area contributed by atoms with Crippen molar-refractivity contribution in [1.82, 2.24) is 20.8 Å². The summed E-state index contributed by atoms with van der Waals surface area (Å²) >= 11 is 0. The van der Waals surface area contributed by atoms with Crippen molar-refractivity contribution in [2.24, 2.45) is 0 Å². The van der Waals surface area contributed by atoms with Gasteiger partial charge in [0, 0.05) is 12.1 Å². The van der Waals surface area contributed by atoms with E-state index in [9.17, 15) is 9.59 Å². The van der Waals surface area contributed by atoms with Gasteiger partial charge in [0.1, 0.15) is 17.6 Å². The van der Waals surface area contributed by atoms with Crippen LogP contribution in [0.5, 0.6) is 0 Å². The zero-order chi connectivity index (χ0) is 19.7. The van der Waals surface area contributed by atoms with E-state index in [1.54, 1.807) is 19.9 Å². The van der Waals surface area contributed by atoms with Crippen LogP contribution in [-0.2, 0) is 4.79 Å². The summed E-state index contributed by atoms with van der Waals surface area (Å²) in [6, 6.07) is 2.84. The Morgan fingerprint density at radius 2 is 1.96 bits per heavy atom. The molecule has 0 bridgehead atoms. The van der Waals surface area contributed by atoms with Gasteiger partial charge in [-0.3, -0.25) is 9.59 Å². The lowest BCUT2D eigenvalue weighted by Gasteiger charge is -2.14. The average molecular weight is 370 g/mol. The maximum atomic E-state index is 12.9. The van der Waals surface area contributed by atoms with E-state index in [4.69, 9.17) is 8.94 Å². The van der Waals surface area contributed by atoms with Crippen LogP contribution in [0.3, 0.4) is 0 Å². The van der Waals surface area contributed by atoms with Crippen LogP contribution in [0.15, 0.2) is 21.1 Å². The standard InChI is InChI=1S/C19H22N4O4/c1-6-20-17(24)11(4)21-18(25)14-8-15(13-7-9(2)26-12(13)5)22-19-16(14)10(3)23-27-19/h7-8,11H,6H2,1-5H3,(H,20,24)(H,21,25)/t11-/m1/s1. The molecule has 142 valence electrons. The zero-order valence-corrected chi connectivity index (χ0v) is 16.0. The van der Waals surface area contributed by atoms with Gasteiger partial charge in [0.15, 0.2) is 0 Å². The van der Waals surface area contributed by atoms with Gasteiger partial charge in [-0.25, -0.2) is 4.98 Å². The van der Waals surface area contributed by atoms with Crippen molar-refractivity contribution in [3.63, 3.8) is 0 Å². The summed E-state index contributed by atoms with van der Waals surface area (Å²) in [6.07, 6.45) is 0. The maximum absolute atomic E-state index is 12.9. The molecule has 0 aliphatic heterocycles. The molecule has 0 aliphatic carbocycles. The molecule has 0 radical (unpaired) electrons. The highest BCUT2D eigenvalue weighted by atomic mass is 16.5. The fourth-order valence-corrected chi connectivity index (χ4v) is 2.96. The van der Waals surface area contributed by atoms with Crippen molar-refractivity contribution >= 4 is 22.9 Å². The van der Waals surface area contributed by atoms with Crippen LogP contribution >= 0.6 is 0 Å². The van der Waals surface area contributed by atoms with Crippen LogP contribution in [-0.4, -0.2) is 34.5 Å². The Morgan fingerprint density at radius 3 is 2.59 bits per heavy atom. The molecule has 0 saturated carbocycles. The monoisotopic (exact) mass is 370 g/mol. The number of fused-ring (bicyclic) bond motifs is 1. The van der Waals surface area contributed by atoms with Gasteiger partial charge in [0.05, 0.1) is 22.3 Å². The van der Waals surface area contributed by atoms with E-state index < -0.39 is 11.9 Å². The summed E-state index contributed by atoms with van der Waals surface area (Å²) in [4.78, 5) is 29.3. The van der Waals surface area contributed by atoms with Gasteiger partial charge in [-0.15, -0.1) is 0 Å². The van der Waals surface area contributed by atoms with E-state index in [0.29, 0.717) is 34.6 Å². The van der Waals surface area contributed by atoms with Crippen LogP contribution in [0.25, 0.3) is 22.4 Å². The molecule has 2 N–H and O–H groups in total. The number of carbonyl (C=O) groups is 2.